The Labute approximate surface area is 48.7 Å². The zero-order chi connectivity index (χ0) is 4.50. The Balaban J connectivity index is 0. The summed E-state index contributed by atoms with van der Waals surface area (Å²) in [5, 5.41) is 0. The quantitative estimate of drug-likeness (QED) is 0.450. The van der Waals surface area contributed by atoms with Gasteiger partial charge in [0.05, 0.1) is 0 Å². The normalized spacial score (nSPS) is 9.83. The van der Waals surface area contributed by atoms with Crippen LogP contribution in [0.25, 0.3) is 0 Å². The summed E-state index contributed by atoms with van der Waals surface area (Å²) in [6.45, 7) is 0. The molecule has 6 heavy (non-hydrogen) atoms. The third-order valence-corrected chi connectivity index (χ3v) is 0. The summed E-state index contributed by atoms with van der Waals surface area (Å²) in [6, 6.07) is 0. The molecule has 39 valence electrons. The molecular formula is O4PPt. The van der Waals surface area contributed by atoms with Crippen molar-refractivity contribution in [1.29, 1.82) is 0 Å². The standard InChI is InChI=1S/H3O4P.Pt/c1-5(2,3)4;/h(H3,1,2,3,4);/q;+3/p-3. The maximum Gasteiger partial charge on any atom is 3.00 e. The van der Waals surface area contributed by atoms with E-state index in [9.17, 15) is 0 Å². The van der Waals surface area contributed by atoms with Gasteiger partial charge in [0.25, 0.3) is 0 Å². The summed E-state index contributed by atoms with van der Waals surface area (Å²) in [5.74, 6) is 0. The molecule has 6 heteroatoms. The third kappa shape index (κ3) is 109. The molecule has 0 N–H and O–H groups in total. The topological polar surface area (TPSA) is 86.2 Å². The Morgan fingerprint density at radius 1 is 1.17 bits per heavy atom. The van der Waals surface area contributed by atoms with Gasteiger partial charge in [-0.25, -0.2) is 0 Å². The fourth-order valence-corrected chi connectivity index (χ4v) is 0. The molecule has 0 aromatic rings. The minimum Gasteiger partial charge on any atom is -0.822 e. The molecule has 1 radical (unpaired) electrons. The van der Waals surface area contributed by atoms with Gasteiger partial charge >= 0.3 is 21.1 Å². The van der Waals surface area contributed by atoms with Gasteiger partial charge in [0.1, 0.15) is 0 Å². The van der Waals surface area contributed by atoms with Crippen LogP contribution in [0.15, 0.2) is 0 Å². The number of rotatable bonds is 0. The van der Waals surface area contributed by atoms with E-state index in [0.29, 0.717) is 0 Å². The third-order valence-electron chi connectivity index (χ3n) is 0. The smallest absolute Gasteiger partial charge is 0.822 e. The first-order valence-electron chi connectivity index (χ1n) is 0.730. The Bertz CT molecular complexity index is 53.7. The molecule has 0 saturated heterocycles. The van der Waals surface area contributed by atoms with Crippen molar-refractivity contribution in [3.8, 4) is 0 Å². The predicted molar refractivity (Wildman–Crippen MR) is 7.61 cm³/mol. The van der Waals surface area contributed by atoms with Crippen LogP contribution in [0.3, 0.4) is 0 Å². The zero-order valence-electron chi connectivity index (χ0n) is 2.40. The van der Waals surface area contributed by atoms with Gasteiger partial charge in [-0.1, -0.05) is 0 Å². The van der Waals surface area contributed by atoms with Crippen LogP contribution < -0.4 is 14.7 Å². The molecule has 0 atom stereocenters. The summed E-state index contributed by atoms with van der Waals surface area (Å²) in [4.78, 5) is 25.6. The van der Waals surface area contributed by atoms with Gasteiger partial charge in [-0.3, -0.25) is 0 Å². The van der Waals surface area contributed by atoms with Gasteiger partial charge in [0, 0.05) is 0 Å². The second kappa shape index (κ2) is 2.89. The van der Waals surface area contributed by atoms with Crippen molar-refractivity contribution in [3.63, 3.8) is 0 Å². The molecule has 0 fully saturated rings. The fraction of sp³-hybridized carbons (Fsp3) is 0. The number of phosphoric acid groups is 1. The Hall–Kier alpha value is 0.798. The zero-order valence-corrected chi connectivity index (χ0v) is 5.56. The SMILES string of the molecule is O=P([O-])([O-])[O-].[Pt+3]. The predicted octanol–water partition coefficient (Wildman–Crippen LogP) is -2.83. The maximum absolute atomic E-state index is 8.55. The van der Waals surface area contributed by atoms with Crippen LogP contribution in [0, 0.1) is 0 Å². The van der Waals surface area contributed by atoms with E-state index in [2.05, 4.69) is 0 Å². The average molecular weight is 290 g/mol. The number of hydrogen-bond acceptors (Lipinski definition) is 4. The summed E-state index contributed by atoms with van der Waals surface area (Å²) in [6.07, 6.45) is 0. The van der Waals surface area contributed by atoms with Gasteiger partial charge in [0.15, 0.2) is 0 Å². The van der Waals surface area contributed by atoms with Crippen LogP contribution in [0.1, 0.15) is 0 Å². The van der Waals surface area contributed by atoms with Crippen molar-refractivity contribution in [2.24, 2.45) is 0 Å². The largest absolute Gasteiger partial charge is 3.00 e. The molecule has 0 aliphatic rings. The van der Waals surface area contributed by atoms with Crippen molar-refractivity contribution in [2.75, 3.05) is 0 Å². The molecule has 0 rings (SSSR count). The van der Waals surface area contributed by atoms with Crippen molar-refractivity contribution < 1.29 is 40.3 Å². The monoisotopic (exact) mass is 290 g/mol. The van der Waals surface area contributed by atoms with Gasteiger partial charge < -0.3 is 19.2 Å². The summed E-state index contributed by atoms with van der Waals surface area (Å²) < 4.78 is 8.55. The summed E-state index contributed by atoms with van der Waals surface area (Å²) in [5.41, 5.74) is 0. The van der Waals surface area contributed by atoms with Gasteiger partial charge in [-0.05, 0) is 0 Å². The van der Waals surface area contributed by atoms with E-state index in [0.717, 1.165) is 0 Å². The molecular weight excluding hydrogens is 290 g/mol. The second-order valence-corrected chi connectivity index (χ2v) is 1.34. The Morgan fingerprint density at radius 3 is 1.17 bits per heavy atom. The molecule has 0 spiro atoms. The van der Waals surface area contributed by atoms with E-state index in [1.807, 2.05) is 0 Å². The molecule has 0 saturated carbocycles. The van der Waals surface area contributed by atoms with Crippen molar-refractivity contribution in [3.05, 3.63) is 0 Å². The van der Waals surface area contributed by atoms with Crippen LogP contribution in [0.5, 0.6) is 0 Å². The van der Waals surface area contributed by atoms with Crippen LogP contribution in [0.4, 0.5) is 0 Å². The van der Waals surface area contributed by atoms with E-state index in [-0.39, 0.29) is 21.1 Å². The first-order chi connectivity index (χ1) is 2.00. The van der Waals surface area contributed by atoms with Crippen molar-refractivity contribution >= 4 is 7.82 Å². The molecule has 0 aromatic carbocycles. The minimum atomic E-state index is -5.39. The molecule has 0 aliphatic heterocycles. The summed E-state index contributed by atoms with van der Waals surface area (Å²) >= 11 is 0. The van der Waals surface area contributed by atoms with Crippen LogP contribution >= 0.6 is 7.82 Å². The summed E-state index contributed by atoms with van der Waals surface area (Å²) in [7, 11) is -5.39. The van der Waals surface area contributed by atoms with Crippen molar-refractivity contribution in [2.45, 2.75) is 0 Å². The first kappa shape index (κ1) is 9.93. The first-order valence-corrected chi connectivity index (χ1v) is 2.19. The van der Waals surface area contributed by atoms with E-state index in [1.165, 1.54) is 0 Å². The second-order valence-electron chi connectivity index (χ2n) is 0.447. The van der Waals surface area contributed by atoms with E-state index >= 15 is 0 Å². The van der Waals surface area contributed by atoms with E-state index in [1.54, 1.807) is 0 Å². The number of hydrogen-bond donors (Lipinski definition) is 0. The fourth-order valence-electron chi connectivity index (χ4n) is 0. The molecule has 0 bridgehead atoms. The Morgan fingerprint density at radius 2 is 1.17 bits per heavy atom. The molecule has 4 nitrogen and oxygen atoms in total. The minimum absolute atomic E-state index is 0. The van der Waals surface area contributed by atoms with Crippen LogP contribution in [0.2, 0.25) is 0 Å². The van der Waals surface area contributed by atoms with E-state index < -0.39 is 7.82 Å². The Kier molecular flexibility index (Phi) is 4.78. The molecule has 0 heterocycles. The van der Waals surface area contributed by atoms with Gasteiger partial charge in [0.2, 0.25) is 0 Å². The average Bonchev–Trinajstić information content (AvgIpc) is 0.722. The van der Waals surface area contributed by atoms with Crippen LogP contribution in [-0.2, 0) is 25.6 Å². The van der Waals surface area contributed by atoms with Crippen LogP contribution in [-0.4, -0.2) is 0 Å². The van der Waals surface area contributed by atoms with Gasteiger partial charge in [-0.2, -0.15) is 7.82 Å². The van der Waals surface area contributed by atoms with E-state index in [4.69, 9.17) is 19.2 Å². The van der Waals surface area contributed by atoms with Gasteiger partial charge in [-0.15, -0.1) is 0 Å². The van der Waals surface area contributed by atoms with Crippen molar-refractivity contribution in [1.82, 2.24) is 0 Å². The molecule has 0 aromatic heterocycles. The molecule has 0 aliphatic carbocycles. The molecule has 0 unspecified atom stereocenters. The maximum atomic E-state index is 8.55. The molecule has 0 amide bonds.